The Balaban J connectivity index is 1.95. The Morgan fingerprint density at radius 3 is 2.58 bits per heavy atom. The van der Waals surface area contributed by atoms with Crippen LogP contribution in [0.4, 0.5) is 0 Å². The van der Waals surface area contributed by atoms with Gasteiger partial charge in [-0.05, 0) is 31.2 Å². The number of hydrogen-bond donors (Lipinski definition) is 2. The number of nitrogens with one attached hydrogen (secondary N) is 1. The number of fused-ring (bicyclic) bond motifs is 1. The van der Waals surface area contributed by atoms with Gasteiger partial charge in [0.05, 0.1) is 0 Å². The van der Waals surface area contributed by atoms with E-state index in [2.05, 4.69) is 0 Å². The lowest BCUT2D eigenvalue weighted by atomic mass is 10.1. The van der Waals surface area contributed by atoms with Gasteiger partial charge in [0.15, 0.2) is 5.76 Å². The summed E-state index contributed by atoms with van der Waals surface area (Å²) in [6.07, 6.45) is 1.18. The molecule has 0 saturated carbocycles. The van der Waals surface area contributed by atoms with Gasteiger partial charge in [-0.2, -0.15) is 0 Å². The number of aryl methyl sites for hydroxylation is 2. The highest BCUT2D eigenvalue weighted by Gasteiger charge is 2.26. The fourth-order valence-corrected chi connectivity index (χ4v) is 3.75. The van der Waals surface area contributed by atoms with Crippen LogP contribution in [-0.2, 0) is 17.1 Å². The number of carbonyl (C=O) groups is 2. The fraction of sp³-hybridized carbons (Fsp3) is 0.125. The van der Waals surface area contributed by atoms with Crippen molar-refractivity contribution in [3.05, 3.63) is 52.5 Å². The van der Waals surface area contributed by atoms with Gasteiger partial charge in [-0.25, -0.2) is 13.1 Å². The number of benzene rings is 1. The Labute approximate surface area is 153 Å². The van der Waals surface area contributed by atoms with Crippen LogP contribution >= 0.6 is 11.6 Å². The highest BCUT2D eigenvalue weighted by atomic mass is 35.5. The summed E-state index contributed by atoms with van der Waals surface area (Å²) in [6.45, 7) is 1.62. The molecule has 0 fully saturated rings. The SMILES string of the molecule is Cc1c(C(=O)NS(=O)(=O)c2cc(C(N)=O)n(C)c2)oc2ccc(Cl)cc12. The van der Waals surface area contributed by atoms with Gasteiger partial charge in [0.2, 0.25) is 0 Å². The molecule has 1 aromatic carbocycles. The molecule has 2 amide bonds. The van der Waals surface area contributed by atoms with Crippen molar-refractivity contribution in [1.82, 2.24) is 9.29 Å². The van der Waals surface area contributed by atoms with Crippen molar-refractivity contribution in [1.29, 1.82) is 0 Å². The zero-order chi connectivity index (χ0) is 19.2. The lowest BCUT2D eigenvalue weighted by Gasteiger charge is -2.03. The average molecular weight is 396 g/mol. The van der Waals surface area contributed by atoms with E-state index in [1.807, 2.05) is 4.72 Å². The molecule has 26 heavy (non-hydrogen) atoms. The maximum absolute atomic E-state index is 12.4. The van der Waals surface area contributed by atoms with E-state index < -0.39 is 21.8 Å². The first kappa shape index (κ1) is 18.0. The predicted octanol–water partition coefficient (Wildman–Crippen LogP) is 1.95. The number of halogens is 1. The molecule has 0 radical (unpaired) electrons. The quantitative estimate of drug-likeness (QED) is 0.698. The van der Waals surface area contributed by atoms with Gasteiger partial charge in [0.1, 0.15) is 16.2 Å². The highest BCUT2D eigenvalue weighted by molar-refractivity contribution is 7.90. The van der Waals surface area contributed by atoms with Crippen molar-refractivity contribution in [3.63, 3.8) is 0 Å². The first-order valence-electron chi connectivity index (χ1n) is 7.32. The van der Waals surface area contributed by atoms with Crippen LogP contribution in [0.5, 0.6) is 0 Å². The Hall–Kier alpha value is -2.78. The Morgan fingerprint density at radius 1 is 1.27 bits per heavy atom. The zero-order valence-electron chi connectivity index (χ0n) is 13.7. The lowest BCUT2D eigenvalue weighted by molar-refractivity contribution is 0.0954. The second-order valence-corrected chi connectivity index (χ2v) is 7.79. The van der Waals surface area contributed by atoms with Crippen molar-refractivity contribution in [2.24, 2.45) is 12.8 Å². The Morgan fingerprint density at radius 2 is 1.96 bits per heavy atom. The van der Waals surface area contributed by atoms with E-state index >= 15 is 0 Å². The molecule has 0 spiro atoms. The van der Waals surface area contributed by atoms with Crippen LogP contribution in [0, 0.1) is 6.92 Å². The van der Waals surface area contributed by atoms with E-state index in [-0.39, 0.29) is 16.3 Å². The van der Waals surface area contributed by atoms with Gasteiger partial charge in [-0.1, -0.05) is 11.6 Å². The third-order valence-corrected chi connectivity index (χ3v) is 5.41. The summed E-state index contributed by atoms with van der Waals surface area (Å²) < 4.78 is 33.5. The zero-order valence-corrected chi connectivity index (χ0v) is 15.3. The monoisotopic (exact) mass is 395 g/mol. The van der Waals surface area contributed by atoms with Gasteiger partial charge in [0.25, 0.3) is 15.9 Å². The summed E-state index contributed by atoms with van der Waals surface area (Å²) in [7, 11) is -2.75. The van der Waals surface area contributed by atoms with E-state index in [0.29, 0.717) is 21.6 Å². The van der Waals surface area contributed by atoms with Gasteiger partial charge >= 0.3 is 5.91 Å². The summed E-state index contributed by atoms with van der Waals surface area (Å²) in [5.41, 5.74) is 6.03. The molecule has 136 valence electrons. The van der Waals surface area contributed by atoms with Crippen LogP contribution in [0.25, 0.3) is 11.0 Å². The number of primary amides is 1. The summed E-state index contributed by atoms with van der Waals surface area (Å²) in [5.74, 6) is -1.86. The number of rotatable bonds is 4. The molecule has 0 aliphatic carbocycles. The maximum Gasteiger partial charge on any atom is 0.301 e. The van der Waals surface area contributed by atoms with Crippen molar-refractivity contribution < 1.29 is 22.4 Å². The standard InChI is InChI=1S/C16H14ClN3O5S/c1-8-11-5-9(17)3-4-13(11)25-14(8)16(22)19-26(23,24)10-6-12(15(18)21)20(2)7-10/h3-7H,1-2H3,(H2,18,21)(H,19,22). The molecule has 10 heteroatoms. The van der Waals surface area contributed by atoms with E-state index in [1.54, 1.807) is 25.1 Å². The summed E-state index contributed by atoms with van der Waals surface area (Å²) in [6, 6.07) is 5.90. The van der Waals surface area contributed by atoms with E-state index in [9.17, 15) is 18.0 Å². The molecule has 0 aliphatic heterocycles. The minimum absolute atomic E-state index is 0.00705. The molecule has 0 atom stereocenters. The maximum atomic E-state index is 12.4. The molecule has 0 aliphatic rings. The first-order chi connectivity index (χ1) is 12.1. The van der Waals surface area contributed by atoms with Crippen LogP contribution in [0.1, 0.15) is 26.6 Å². The van der Waals surface area contributed by atoms with Crippen LogP contribution in [0.3, 0.4) is 0 Å². The summed E-state index contributed by atoms with van der Waals surface area (Å²) >= 11 is 5.93. The van der Waals surface area contributed by atoms with Gasteiger partial charge in [0, 0.05) is 29.2 Å². The Kier molecular flexibility index (Phi) is 4.29. The molecule has 3 rings (SSSR count). The lowest BCUT2D eigenvalue weighted by Crippen LogP contribution is -2.30. The van der Waals surface area contributed by atoms with Crippen molar-refractivity contribution in [3.8, 4) is 0 Å². The highest BCUT2D eigenvalue weighted by Crippen LogP contribution is 2.28. The molecule has 0 unspecified atom stereocenters. The first-order valence-corrected chi connectivity index (χ1v) is 9.18. The minimum atomic E-state index is -4.22. The molecule has 2 aromatic heterocycles. The Bertz CT molecular complexity index is 1160. The average Bonchev–Trinajstić information content (AvgIpc) is 3.09. The van der Waals surface area contributed by atoms with Crippen molar-refractivity contribution in [2.45, 2.75) is 11.8 Å². The second-order valence-electron chi connectivity index (χ2n) is 5.67. The molecule has 8 nitrogen and oxygen atoms in total. The molecular formula is C16H14ClN3O5S. The second kappa shape index (κ2) is 6.19. The molecule has 0 saturated heterocycles. The molecule has 2 heterocycles. The predicted molar refractivity (Wildman–Crippen MR) is 94.5 cm³/mol. The fourth-order valence-electron chi connectivity index (χ4n) is 2.56. The number of sulfonamides is 1. The number of nitrogens with two attached hydrogens (primary N) is 1. The smallest absolute Gasteiger partial charge is 0.301 e. The number of nitrogens with zero attached hydrogens (tertiary/aromatic N) is 1. The number of aromatic nitrogens is 1. The normalized spacial score (nSPS) is 11.7. The number of furan rings is 1. The van der Waals surface area contributed by atoms with E-state index in [0.717, 1.165) is 6.07 Å². The van der Waals surface area contributed by atoms with Gasteiger partial charge < -0.3 is 14.7 Å². The third kappa shape index (κ3) is 3.06. The number of carbonyl (C=O) groups excluding carboxylic acids is 2. The van der Waals surface area contributed by atoms with E-state index in [1.165, 1.54) is 17.8 Å². The molecule has 3 aromatic rings. The largest absolute Gasteiger partial charge is 0.451 e. The number of hydrogen-bond acceptors (Lipinski definition) is 5. The van der Waals surface area contributed by atoms with Crippen LogP contribution in [-0.4, -0.2) is 24.8 Å². The summed E-state index contributed by atoms with van der Waals surface area (Å²) in [4.78, 5) is 23.4. The minimum Gasteiger partial charge on any atom is -0.451 e. The topological polar surface area (TPSA) is 124 Å². The van der Waals surface area contributed by atoms with Crippen molar-refractivity contribution in [2.75, 3.05) is 0 Å². The van der Waals surface area contributed by atoms with Crippen LogP contribution in [0.2, 0.25) is 5.02 Å². The van der Waals surface area contributed by atoms with E-state index in [4.69, 9.17) is 21.8 Å². The summed E-state index contributed by atoms with van der Waals surface area (Å²) in [5, 5.41) is 1.07. The number of amides is 2. The molecule has 0 bridgehead atoms. The van der Waals surface area contributed by atoms with Crippen LogP contribution in [0.15, 0.2) is 39.8 Å². The molecule has 3 N–H and O–H groups in total. The molecular weight excluding hydrogens is 382 g/mol. The van der Waals surface area contributed by atoms with Gasteiger partial charge in [-0.15, -0.1) is 0 Å². The van der Waals surface area contributed by atoms with Gasteiger partial charge in [-0.3, -0.25) is 9.59 Å². The van der Waals surface area contributed by atoms with Crippen LogP contribution < -0.4 is 10.5 Å². The third-order valence-electron chi connectivity index (χ3n) is 3.87. The van der Waals surface area contributed by atoms with Crippen molar-refractivity contribution >= 4 is 44.4 Å².